The van der Waals surface area contributed by atoms with Gasteiger partial charge in [0.1, 0.15) is 5.82 Å². The second-order valence-corrected chi connectivity index (χ2v) is 7.72. The van der Waals surface area contributed by atoms with Crippen LogP contribution in [-0.2, 0) is 17.6 Å². The normalized spacial score (nSPS) is 20.2. The molecule has 5 heteroatoms. The number of carbonyl (C=O) groups excluding carboxylic acids is 1. The van der Waals surface area contributed by atoms with E-state index in [0.717, 1.165) is 57.0 Å². The Bertz CT molecular complexity index is 817. The third kappa shape index (κ3) is 3.11. The minimum absolute atomic E-state index is 0.106. The number of benzene rings is 1. The molecule has 0 spiro atoms. The number of aromatic amines is 1. The van der Waals surface area contributed by atoms with Crippen LogP contribution < -0.4 is 4.90 Å². The van der Waals surface area contributed by atoms with Gasteiger partial charge in [-0.15, -0.1) is 0 Å². The summed E-state index contributed by atoms with van der Waals surface area (Å²) < 4.78 is 0. The molecule has 1 N–H and O–H groups in total. The van der Waals surface area contributed by atoms with Crippen LogP contribution in [0, 0.1) is 26.7 Å². The highest BCUT2D eigenvalue weighted by molar-refractivity contribution is 5.79. The van der Waals surface area contributed by atoms with E-state index < -0.39 is 0 Å². The number of hydrogen-bond donors (Lipinski definition) is 1. The van der Waals surface area contributed by atoms with Crippen molar-refractivity contribution in [2.45, 2.75) is 40.0 Å². The Morgan fingerprint density at radius 1 is 1.15 bits per heavy atom. The van der Waals surface area contributed by atoms with E-state index >= 15 is 0 Å². The lowest BCUT2D eigenvalue weighted by Gasteiger charge is -2.38. The van der Waals surface area contributed by atoms with Crippen molar-refractivity contribution in [3.8, 4) is 0 Å². The number of hydrogen-bond acceptors (Lipinski definition) is 3. The van der Waals surface area contributed by atoms with Crippen molar-refractivity contribution in [3.05, 3.63) is 46.5 Å². The first-order valence-electron chi connectivity index (χ1n) is 9.67. The molecule has 1 aromatic heterocycles. The first-order chi connectivity index (χ1) is 12.5. The van der Waals surface area contributed by atoms with Crippen LogP contribution in [0.2, 0.25) is 0 Å². The summed E-state index contributed by atoms with van der Waals surface area (Å²) in [6.45, 7) is 9.80. The standard InChI is InChI=1S/C21H28N4O/c1-14-5-4-6-20(15(14)2)24-9-11-25(12-10-24)21(26)17-7-8-18-19(13-17)23-16(3)22-18/h4-6,17H,7-13H2,1-3H3,(H,22,23). The van der Waals surface area contributed by atoms with Gasteiger partial charge in [-0.1, -0.05) is 12.1 Å². The van der Waals surface area contributed by atoms with Gasteiger partial charge in [-0.2, -0.15) is 0 Å². The van der Waals surface area contributed by atoms with Crippen LogP contribution in [0.4, 0.5) is 5.69 Å². The van der Waals surface area contributed by atoms with Crippen LogP contribution in [0.5, 0.6) is 0 Å². The van der Waals surface area contributed by atoms with Crippen LogP contribution >= 0.6 is 0 Å². The van der Waals surface area contributed by atoms with Crippen LogP contribution in [0.25, 0.3) is 0 Å². The van der Waals surface area contributed by atoms with Crippen LogP contribution in [-0.4, -0.2) is 47.0 Å². The number of aromatic nitrogens is 2. The number of amides is 1. The van der Waals surface area contributed by atoms with Crippen molar-refractivity contribution in [2.24, 2.45) is 5.92 Å². The third-order valence-corrected chi connectivity index (χ3v) is 6.02. The number of piperazine rings is 1. The zero-order valence-electron chi connectivity index (χ0n) is 16.0. The predicted molar refractivity (Wildman–Crippen MR) is 104 cm³/mol. The molecule has 0 saturated carbocycles. The summed E-state index contributed by atoms with van der Waals surface area (Å²) in [5.41, 5.74) is 6.32. The molecule has 1 atom stereocenters. The fourth-order valence-corrected chi connectivity index (χ4v) is 4.34. The highest BCUT2D eigenvalue weighted by atomic mass is 16.2. The van der Waals surface area contributed by atoms with Crippen molar-refractivity contribution in [1.29, 1.82) is 0 Å². The summed E-state index contributed by atoms with van der Waals surface area (Å²) in [7, 11) is 0. The lowest BCUT2D eigenvalue weighted by atomic mass is 9.88. The summed E-state index contributed by atoms with van der Waals surface area (Å²) >= 11 is 0. The Morgan fingerprint density at radius 3 is 2.69 bits per heavy atom. The molecule has 0 bridgehead atoms. The summed E-state index contributed by atoms with van der Waals surface area (Å²) in [6, 6.07) is 6.48. The van der Waals surface area contributed by atoms with E-state index in [1.165, 1.54) is 22.5 Å². The van der Waals surface area contributed by atoms with Gasteiger partial charge < -0.3 is 14.8 Å². The smallest absolute Gasteiger partial charge is 0.226 e. The van der Waals surface area contributed by atoms with Gasteiger partial charge >= 0.3 is 0 Å². The molecule has 26 heavy (non-hydrogen) atoms. The van der Waals surface area contributed by atoms with Gasteiger partial charge in [-0.3, -0.25) is 4.79 Å². The highest BCUT2D eigenvalue weighted by Gasteiger charge is 2.31. The molecular weight excluding hydrogens is 324 g/mol. The van der Waals surface area contributed by atoms with E-state index in [9.17, 15) is 4.79 Å². The van der Waals surface area contributed by atoms with Crippen LogP contribution in [0.15, 0.2) is 18.2 Å². The highest BCUT2D eigenvalue weighted by Crippen LogP contribution is 2.27. The largest absolute Gasteiger partial charge is 0.368 e. The molecule has 5 nitrogen and oxygen atoms in total. The molecule has 1 unspecified atom stereocenters. The van der Waals surface area contributed by atoms with E-state index in [-0.39, 0.29) is 5.92 Å². The van der Waals surface area contributed by atoms with Gasteiger partial charge in [0.25, 0.3) is 0 Å². The fourth-order valence-electron chi connectivity index (χ4n) is 4.34. The van der Waals surface area contributed by atoms with Gasteiger partial charge in [0.05, 0.1) is 5.69 Å². The lowest BCUT2D eigenvalue weighted by Crippen LogP contribution is -2.51. The van der Waals surface area contributed by atoms with E-state index in [1.807, 2.05) is 6.92 Å². The number of nitrogens with one attached hydrogen (secondary N) is 1. The van der Waals surface area contributed by atoms with Crippen LogP contribution in [0.3, 0.4) is 0 Å². The van der Waals surface area contributed by atoms with E-state index in [0.29, 0.717) is 5.91 Å². The quantitative estimate of drug-likeness (QED) is 0.904. The Balaban J connectivity index is 1.39. The van der Waals surface area contributed by atoms with Gasteiger partial charge in [0, 0.05) is 49.9 Å². The number of imidazole rings is 1. The topological polar surface area (TPSA) is 52.2 Å². The van der Waals surface area contributed by atoms with Gasteiger partial charge in [0.15, 0.2) is 0 Å². The molecule has 4 rings (SSSR count). The Morgan fingerprint density at radius 2 is 1.92 bits per heavy atom. The van der Waals surface area contributed by atoms with E-state index in [4.69, 9.17) is 0 Å². The second kappa shape index (κ2) is 6.78. The van der Waals surface area contributed by atoms with Crippen molar-refractivity contribution >= 4 is 11.6 Å². The molecule has 1 aromatic carbocycles. The molecule has 2 aromatic rings. The molecule has 2 heterocycles. The zero-order valence-corrected chi connectivity index (χ0v) is 16.0. The summed E-state index contributed by atoms with van der Waals surface area (Å²) in [5, 5.41) is 0. The second-order valence-electron chi connectivity index (χ2n) is 7.72. The number of carbonyl (C=O) groups is 1. The summed E-state index contributed by atoms with van der Waals surface area (Å²) in [5.74, 6) is 1.39. The van der Waals surface area contributed by atoms with Crippen LogP contribution in [0.1, 0.15) is 34.8 Å². The summed E-state index contributed by atoms with van der Waals surface area (Å²) in [6.07, 6.45) is 2.65. The number of fused-ring (bicyclic) bond motifs is 1. The Kier molecular flexibility index (Phi) is 4.47. The molecule has 1 amide bonds. The van der Waals surface area contributed by atoms with E-state index in [1.54, 1.807) is 0 Å². The molecule has 1 fully saturated rings. The number of anilines is 1. The fraction of sp³-hybridized carbons (Fsp3) is 0.524. The maximum Gasteiger partial charge on any atom is 0.226 e. The van der Waals surface area contributed by atoms with E-state index in [2.05, 4.69) is 51.8 Å². The number of nitrogens with zero attached hydrogens (tertiary/aromatic N) is 3. The maximum absolute atomic E-state index is 13.0. The predicted octanol–water partition coefficient (Wildman–Crippen LogP) is 2.79. The molecule has 1 saturated heterocycles. The first-order valence-corrected chi connectivity index (χ1v) is 9.67. The molecule has 2 aliphatic rings. The van der Waals surface area contributed by atoms with Crippen molar-refractivity contribution in [2.75, 3.05) is 31.1 Å². The lowest BCUT2D eigenvalue weighted by molar-refractivity contribution is -0.136. The zero-order chi connectivity index (χ0) is 18.3. The minimum atomic E-state index is 0.106. The van der Waals surface area contributed by atoms with Gasteiger partial charge in [-0.25, -0.2) is 4.98 Å². The average Bonchev–Trinajstić information content (AvgIpc) is 3.03. The van der Waals surface area contributed by atoms with Gasteiger partial charge in [0.2, 0.25) is 5.91 Å². The van der Waals surface area contributed by atoms with Crippen molar-refractivity contribution < 1.29 is 4.79 Å². The average molecular weight is 352 g/mol. The number of rotatable bonds is 2. The van der Waals surface area contributed by atoms with Gasteiger partial charge in [-0.05, 0) is 50.8 Å². The van der Waals surface area contributed by atoms with Crippen molar-refractivity contribution in [1.82, 2.24) is 14.9 Å². The molecule has 1 aliphatic heterocycles. The Labute approximate surface area is 155 Å². The molecule has 1 aliphatic carbocycles. The maximum atomic E-state index is 13.0. The first kappa shape index (κ1) is 17.1. The summed E-state index contributed by atoms with van der Waals surface area (Å²) in [4.78, 5) is 25.4. The third-order valence-electron chi connectivity index (χ3n) is 6.02. The molecular formula is C21H28N4O. The van der Waals surface area contributed by atoms with Crippen molar-refractivity contribution in [3.63, 3.8) is 0 Å². The number of aryl methyl sites for hydroxylation is 3. The minimum Gasteiger partial charge on any atom is -0.368 e. The SMILES string of the molecule is Cc1nc2c([nH]1)CC(C(=O)N1CCN(c3cccc(C)c3C)CC1)CC2. The molecule has 0 radical (unpaired) electrons. The monoisotopic (exact) mass is 352 g/mol. The molecule has 138 valence electrons. The Hall–Kier alpha value is -2.30. The number of H-pyrrole nitrogens is 1.